The van der Waals surface area contributed by atoms with Crippen molar-refractivity contribution in [1.29, 1.82) is 0 Å². The summed E-state index contributed by atoms with van der Waals surface area (Å²) >= 11 is 0. The van der Waals surface area contributed by atoms with Gasteiger partial charge in [-0.3, -0.25) is 0 Å². The molecule has 2 N–H and O–H groups in total. The zero-order valence-corrected chi connectivity index (χ0v) is 15.6. The third kappa shape index (κ3) is 4.90. The van der Waals surface area contributed by atoms with Gasteiger partial charge in [0, 0.05) is 0 Å². The summed E-state index contributed by atoms with van der Waals surface area (Å²) in [4.78, 5) is 3.77. The van der Waals surface area contributed by atoms with Gasteiger partial charge in [0.05, 0.1) is 39.0 Å². The molecule has 0 radical (unpaired) electrons. The largest absolute Gasteiger partial charge is 0.495 e. The molecule has 1 heterocycles. The number of para-hydroxylation sites is 2. The first-order valence-corrected chi connectivity index (χ1v) is 9.25. The first-order chi connectivity index (χ1) is 12.7. The van der Waals surface area contributed by atoms with Crippen molar-refractivity contribution in [3.8, 4) is 11.5 Å². The molecule has 1 saturated heterocycles. The second-order valence-corrected chi connectivity index (χ2v) is 6.89. The van der Waals surface area contributed by atoms with Gasteiger partial charge in [-0.25, -0.2) is 0 Å². The minimum absolute atomic E-state index is 0.336. The normalized spacial score (nSPS) is 16.3. The lowest BCUT2D eigenvalue weighted by Gasteiger charge is -2.35. The SMILES string of the molecule is COc1ccccc1N1CC[NH+](C[C@@H](O)COc2ccc(C)cc2)CC1. The van der Waals surface area contributed by atoms with E-state index in [1.54, 1.807) is 7.11 Å². The third-order valence-electron chi connectivity index (χ3n) is 4.88. The predicted molar refractivity (Wildman–Crippen MR) is 103 cm³/mol. The van der Waals surface area contributed by atoms with E-state index in [0.717, 1.165) is 43.4 Å². The van der Waals surface area contributed by atoms with E-state index in [1.165, 1.54) is 10.5 Å². The zero-order valence-electron chi connectivity index (χ0n) is 15.6. The summed E-state index contributed by atoms with van der Waals surface area (Å²) in [5.74, 6) is 1.73. The molecule has 1 aliphatic heterocycles. The van der Waals surface area contributed by atoms with E-state index in [-0.39, 0.29) is 0 Å². The van der Waals surface area contributed by atoms with Crippen molar-refractivity contribution >= 4 is 5.69 Å². The Bertz CT molecular complexity index is 682. The Morgan fingerprint density at radius 2 is 1.77 bits per heavy atom. The molecule has 0 bridgehead atoms. The minimum atomic E-state index is -0.455. The number of nitrogens with zero attached hydrogens (tertiary/aromatic N) is 1. The van der Waals surface area contributed by atoms with Crippen LogP contribution in [0.5, 0.6) is 11.5 Å². The average Bonchev–Trinajstić information content (AvgIpc) is 2.68. The number of anilines is 1. The van der Waals surface area contributed by atoms with Gasteiger partial charge in [0.1, 0.15) is 30.8 Å². The van der Waals surface area contributed by atoms with Crippen LogP contribution >= 0.6 is 0 Å². The van der Waals surface area contributed by atoms with Crippen LogP contribution in [0, 0.1) is 6.92 Å². The van der Waals surface area contributed by atoms with E-state index in [0.29, 0.717) is 13.2 Å². The molecule has 0 aromatic heterocycles. The molecule has 0 spiro atoms. The van der Waals surface area contributed by atoms with Crippen molar-refractivity contribution in [3.05, 3.63) is 54.1 Å². The van der Waals surface area contributed by atoms with Gasteiger partial charge in [-0.2, -0.15) is 0 Å². The van der Waals surface area contributed by atoms with Gasteiger partial charge in [0.25, 0.3) is 0 Å². The van der Waals surface area contributed by atoms with Crippen LogP contribution in [0.3, 0.4) is 0 Å². The quantitative estimate of drug-likeness (QED) is 0.780. The van der Waals surface area contributed by atoms with Crippen LogP contribution in [0.1, 0.15) is 5.56 Å². The zero-order chi connectivity index (χ0) is 18.4. The molecular formula is C21H29N2O3+. The molecule has 26 heavy (non-hydrogen) atoms. The standard InChI is InChI=1S/C21H28N2O3/c1-17-7-9-19(10-8-17)26-16-18(24)15-22-11-13-23(14-12-22)20-5-3-4-6-21(20)25-2/h3-10,18,24H,11-16H2,1-2H3/p+1/t18-/m1/s1. The van der Waals surface area contributed by atoms with E-state index in [1.807, 2.05) is 49.4 Å². The summed E-state index contributed by atoms with van der Waals surface area (Å²) in [6.07, 6.45) is -0.455. The van der Waals surface area contributed by atoms with E-state index in [2.05, 4.69) is 11.0 Å². The molecular weight excluding hydrogens is 328 g/mol. The van der Waals surface area contributed by atoms with Crippen molar-refractivity contribution < 1.29 is 19.5 Å². The Morgan fingerprint density at radius 1 is 1.08 bits per heavy atom. The molecule has 0 aliphatic carbocycles. The smallest absolute Gasteiger partial charge is 0.142 e. The molecule has 0 amide bonds. The Hall–Kier alpha value is -2.24. The average molecular weight is 357 g/mol. The van der Waals surface area contributed by atoms with Crippen LogP contribution in [0.2, 0.25) is 0 Å². The number of ether oxygens (including phenoxy) is 2. The van der Waals surface area contributed by atoms with Crippen molar-refractivity contribution in [2.24, 2.45) is 0 Å². The lowest BCUT2D eigenvalue weighted by molar-refractivity contribution is -0.903. The van der Waals surface area contributed by atoms with Gasteiger partial charge in [-0.15, -0.1) is 0 Å². The highest BCUT2D eigenvalue weighted by Gasteiger charge is 2.24. The number of aliphatic hydroxyl groups is 1. The maximum absolute atomic E-state index is 10.3. The summed E-state index contributed by atoms with van der Waals surface area (Å²) < 4.78 is 11.2. The van der Waals surface area contributed by atoms with Gasteiger partial charge < -0.3 is 24.4 Å². The van der Waals surface area contributed by atoms with Crippen LogP contribution in [0.4, 0.5) is 5.69 Å². The van der Waals surface area contributed by atoms with Crippen molar-refractivity contribution in [2.45, 2.75) is 13.0 Å². The molecule has 0 unspecified atom stereocenters. The number of hydrogen-bond acceptors (Lipinski definition) is 4. The van der Waals surface area contributed by atoms with E-state index >= 15 is 0 Å². The number of methoxy groups -OCH3 is 1. The van der Waals surface area contributed by atoms with Crippen LogP contribution in [0.25, 0.3) is 0 Å². The molecule has 1 atom stereocenters. The Morgan fingerprint density at radius 3 is 2.46 bits per heavy atom. The summed E-state index contributed by atoms with van der Waals surface area (Å²) in [5, 5.41) is 10.3. The second kappa shape index (κ2) is 8.92. The van der Waals surface area contributed by atoms with E-state index in [4.69, 9.17) is 9.47 Å². The molecule has 3 rings (SSSR count). The van der Waals surface area contributed by atoms with Gasteiger partial charge >= 0.3 is 0 Å². The van der Waals surface area contributed by atoms with Gasteiger partial charge in [0.15, 0.2) is 0 Å². The summed E-state index contributed by atoms with van der Waals surface area (Å²) in [6.45, 7) is 7.02. The molecule has 5 heteroatoms. The van der Waals surface area contributed by atoms with Crippen molar-refractivity contribution in [3.63, 3.8) is 0 Å². The second-order valence-electron chi connectivity index (χ2n) is 6.89. The maximum atomic E-state index is 10.3. The fourth-order valence-electron chi connectivity index (χ4n) is 3.38. The van der Waals surface area contributed by atoms with Crippen LogP contribution in [0.15, 0.2) is 48.5 Å². The van der Waals surface area contributed by atoms with Gasteiger partial charge in [0.2, 0.25) is 0 Å². The maximum Gasteiger partial charge on any atom is 0.142 e. The predicted octanol–water partition coefficient (Wildman–Crippen LogP) is 1.15. The van der Waals surface area contributed by atoms with Crippen LogP contribution < -0.4 is 19.3 Å². The van der Waals surface area contributed by atoms with Crippen LogP contribution in [-0.4, -0.2) is 57.7 Å². The summed E-state index contributed by atoms with van der Waals surface area (Å²) in [5.41, 5.74) is 2.35. The minimum Gasteiger partial charge on any atom is -0.495 e. The lowest BCUT2D eigenvalue weighted by atomic mass is 10.2. The highest BCUT2D eigenvalue weighted by molar-refractivity contribution is 5.58. The topological polar surface area (TPSA) is 46.4 Å². The number of benzene rings is 2. The van der Waals surface area contributed by atoms with Crippen molar-refractivity contribution in [2.75, 3.05) is 51.3 Å². The number of piperazine rings is 1. The monoisotopic (exact) mass is 357 g/mol. The molecule has 2 aromatic rings. The van der Waals surface area contributed by atoms with Crippen molar-refractivity contribution in [1.82, 2.24) is 0 Å². The number of aliphatic hydroxyl groups excluding tert-OH is 1. The Kier molecular flexibility index (Phi) is 6.36. The molecule has 5 nitrogen and oxygen atoms in total. The highest BCUT2D eigenvalue weighted by Crippen LogP contribution is 2.27. The lowest BCUT2D eigenvalue weighted by Crippen LogP contribution is -3.16. The summed E-state index contributed by atoms with van der Waals surface area (Å²) in [6, 6.07) is 16.1. The van der Waals surface area contributed by atoms with E-state index in [9.17, 15) is 5.11 Å². The Labute approximate surface area is 155 Å². The molecule has 1 aliphatic rings. The molecule has 1 fully saturated rings. The number of rotatable bonds is 7. The number of quaternary nitrogens is 1. The number of aryl methyl sites for hydroxylation is 1. The first kappa shape index (κ1) is 18.5. The molecule has 2 aromatic carbocycles. The fourth-order valence-corrected chi connectivity index (χ4v) is 3.38. The molecule has 140 valence electrons. The fraction of sp³-hybridized carbons (Fsp3) is 0.429. The van der Waals surface area contributed by atoms with Gasteiger partial charge in [-0.05, 0) is 31.2 Å². The number of hydrogen-bond donors (Lipinski definition) is 2. The van der Waals surface area contributed by atoms with E-state index < -0.39 is 6.10 Å². The number of nitrogens with one attached hydrogen (secondary N) is 1. The molecule has 0 saturated carbocycles. The first-order valence-electron chi connectivity index (χ1n) is 9.25. The van der Waals surface area contributed by atoms with Crippen LogP contribution in [-0.2, 0) is 0 Å². The highest BCUT2D eigenvalue weighted by atomic mass is 16.5. The third-order valence-corrected chi connectivity index (χ3v) is 4.88. The summed E-state index contributed by atoms with van der Waals surface area (Å²) in [7, 11) is 1.71. The Balaban J connectivity index is 1.44. The van der Waals surface area contributed by atoms with Gasteiger partial charge in [-0.1, -0.05) is 29.8 Å².